The predicted molar refractivity (Wildman–Crippen MR) is 114 cm³/mol. The number of alkyl halides is 3. The van der Waals surface area contributed by atoms with Crippen LogP contribution in [0.25, 0.3) is 11.3 Å². The lowest BCUT2D eigenvalue weighted by Crippen LogP contribution is -2.49. The van der Waals surface area contributed by atoms with Crippen LogP contribution >= 0.6 is 0 Å². The van der Waals surface area contributed by atoms with E-state index in [0.717, 1.165) is 28.6 Å². The van der Waals surface area contributed by atoms with Crippen LogP contribution in [0.4, 0.5) is 13.2 Å². The summed E-state index contributed by atoms with van der Waals surface area (Å²) in [6.07, 6.45) is -1.79. The molecule has 1 spiro atoms. The molecule has 2 aromatic carbocycles. The number of methoxy groups -OCH3 is 1. The van der Waals surface area contributed by atoms with Gasteiger partial charge >= 0.3 is 6.18 Å². The molecule has 1 aromatic heterocycles. The number of likely N-dealkylation sites (tertiary alicyclic amines) is 1. The van der Waals surface area contributed by atoms with Crippen LogP contribution in [-0.2, 0) is 18.8 Å². The Bertz CT molecular complexity index is 1230. The molecule has 0 aliphatic carbocycles. The van der Waals surface area contributed by atoms with E-state index < -0.39 is 23.2 Å². The number of nitrogens with zero attached hydrogens (tertiary/aromatic N) is 3. The zero-order chi connectivity index (χ0) is 23.4. The normalized spacial score (nSPS) is 16.7. The first kappa shape index (κ1) is 21.4. The molecule has 0 bridgehead atoms. The number of fused-ring (bicyclic) bond motifs is 4. The molecule has 5 rings (SSSR count). The van der Waals surface area contributed by atoms with Gasteiger partial charge in [-0.15, -0.1) is 0 Å². The average molecular weight is 457 g/mol. The van der Waals surface area contributed by atoms with E-state index in [1.165, 1.54) is 19.2 Å². The highest BCUT2D eigenvalue weighted by Gasteiger charge is 2.46. The molecular formula is C24H22F3N3O3. The first-order valence-corrected chi connectivity index (χ1v) is 10.6. The minimum atomic E-state index is -4.62. The SMILES string of the molecule is COc1ccc(C(=O)N2CCC3(CC2)Oc2ccccc2-c2c3cnn2C)cc1C(F)(F)F. The van der Waals surface area contributed by atoms with Crippen LogP contribution in [0.5, 0.6) is 11.5 Å². The first-order chi connectivity index (χ1) is 15.7. The van der Waals surface area contributed by atoms with Crippen molar-refractivity contribution < 1.29 is 27.4 Å². The molecular weight excluding hydrogens is 435 g/mol. The van der Waals surface area contributed by atoms with Gasteiger partial charge in [-0.3, -0.25) is 9.48 Å². The van der Waals surface area contributed by atoms with Gasteiger partial charge < -0.3 is 14.4 Å². The predicted octanol–water partition coefficient (Wildman–Crippen LogP) is 4.64. The molecule has 3 heterocycles. The second-order valence-electron chi connectivity index (χ2n) is 8.33. The van der Waals surface area contributed by atoms with Gasteiger partial charge in [0.25, 0.3) is 5.91 Å². The maximum absolute atomic E-state index is 13.4. The Balaban J connectivity index is 1.41. The Morgan fingerprint density at radius 1 is 1.15 bits per heavy atom. The number of hydrogen-bond donors (Lipinski definition) is 0. The Labute approximate surface area is 188 Å². The molecule has 0 unspecified atom stereocenters. The monoisotopic (exact) mass is 457 g/mol. The number of para-hydroxylation sites is 1. The number of aryl methyl sites for hydroxylation is 1. The summed E-state index contributed by atoms with van der Waals surface area (Å²) in [6.45, 7) is 0.700. The van der Waals surface area contributed by atoms with Crippen LogP contribution in [0, 0.1) is 0 Å². The van der Waals surface area contributed by atoms with Crippen LogP contribution in [-0.4, -0.2) is 40.8 Å². The van der Waals surface area contributed by atoms with E-state index >= 15 is 0 Å². The molecule has 6 nitrogen and oxygen atoms in total. The summed E-state index contributed by atoms with van der Waals surface area (Å²) in [5.41, 5.74) is 1.31. The summed E-state index contributed by atoms with van der Waals surface area (Å²) < 4.78 is 53.3. The van der Waals surface area contributed by atoms with E-state index in [2.05, 4.69) is 5.10 Å². The molecule has 2 aliphatic heterocycles. The highest BCUT2D eigenvalue weighted by molar-refractivity contribution is 5.94. The van der Waals surface area contributed by atoms with Gasteiger partial charge in [0.2, 0.25) is 0 Å². The lowest BCUT2D eigenvalue weighted by Gasteiger charge is -2.44. The van der Waals surface area contributed by atoms with Crippen molar-refractivity contribution in [3.63, 3.8) is 0 Å². The second kappa shape index (κ2) is 7.54. The maximum Gasteiger partial charge on any atom is 0.419 e. The molecule has 33 heavy (non-hydrogen) atoms. The molecule has 1 fully saturated rings. The zero-order valence-electron chi connectivity index (χ0n) is 18.1. The number of rotatable bonds is 2. The Kier molecular flexibility index (Phi) is 4.88. The van der Waals surface area contributed by atoms with Gasteiger partial charge in [-0.05, 0) is 30.3 Å². The summed E-state index contributed by atoms with van der Waals surface area (Å²) in [4.78, 5) is 14.6. The van der Waals surface area contributed by atoms with E-state index in [1.54, 1.807) is 4.90 Å². The number of carbonyl (C=O) groups is 1. The fourth-order valence-corrected chi connectivity index (χ4v) is 4.79. The van der Waals surface area contributed by atoms with Crippen molar-refractivity contribution >= 4 is 5.91 Å². The molecule has 0 saturated carbocycles. The maximum atomic E-state index is 13.4. The van der Waals surface area contributed by atoms with Crippen molar-refractivity contribution in [3.8, 4) is 22.8 Å². The first-order valence-electron chi connectivity index (χ1n) is 10.6. The number of aromatic nitrogens is 2. The summed E-state index contributed by atoms with van der Waals surface area (Å²) in [7, 11) is 3.06. The van der Waals surface area contributed by atoms with Crippen LogP contribution in [0.1, 0.15) is 34.3 Å². The number of benzene rings is 2. The molecule has 0 radical (unpaired) electrons. The molecule has 0 atom stereocenters. The van der Waals surface area contributed by atoms with Crippen molar-refractivity contribution in [1.82, 2.24) is 14.7 Å². The van der Waals surface area contributed by atoms with E-state index in [9.17, 15) is 18.0 Å². The largest absolute Gasteiger partial charge is 0.496 e. The smallest absolute Gasteiger partial charge is 0.419 e. The minimum absolute atomic E-state index is 0.0175. The van der Waals surface area contributed by atoms with Gasteiger partial charge in [-0.25, -0.2) is 0 Å². The quantitative estimate of drug-likeness (QED) is 0.563. The lowest BCUT2D eigenvalue weighted by molar-refractivity contribution is -0.138. The van der Waals surface area contributed by atoms with Crippen LogP contribution in [0.3, 0.4) is 0 Å². The molecule has 172 valence electrons. The van der Waals surface area contributed by atoms with E-state index in [1.807, 2.05) is 42.2 Å². The van der Waals surface area contributed by atoms with Gasteiger partial charge in [-0.2, -0.15) is 18.3 Å². The Morgan fingerprint density at radius 3 is 2.58 bits per heavy atom. The summed E-state index contributed by atoms with van der Waals surface area (Å²) in [5, 5.41) is 4.44. The van der Waals surface area contributed by atoms with E-state index in [4.69, 9.17) is 9.47 Å². The highest BCUT2D eigenvalue weighted by Crippen LogP contribution is 2.49. The molecule has 0 N–H and O–H groups in total. The zero-order valence-corrected chi connectivity index (χ0v) is 18.1. The standard InChI is InChI=1S/C24H22F3N3O3/c1-29-21-16-5-3-4-6-19(16)33-23(18(21)14-28-29)9-11-30(12-10-23)22(31)15-7-8-20(32-2)17(13-15)24(25,26)27/h3-8,13-14H,9-12H2,1-2H3. The highest BCUT2D eigenvalue weighted by atomic mass is 19.4. The van der Waals surface area contributed by atoms with Crippen molar-refractivity contribution in [3.05, 3.63) is 65.4 Å². The minimum Gasteiger partial charge on any atom is -0.496 e. The van der Waals surface area contributed by atoms with Gasteiger partial charge in [0, 0.05) is 49.7 Å². The van der Waals surface area contributed by atoms with Crippen LogP contribution < -0.4 is 9.47 Å². The Hall–Kier alpha value is -3.49. The second-order valence-corrected chi connectivity index (χ2v) is 8.33. The third-order valence-electron chi connectivity index (χ3n) is 6.49. The summed E-state index contributed by atoms with van der Waals surface area (Å²) >= 11 is 0. The van der Waals surface area contributed by atoms with E-state index in [-0.39, 0.29) is 11.3 Å². The summed E-state index contributed by atoms with van der Waals surface area (Å²) in [5.74, 6) is 0.00833. The van der Waals surface area contributed by atoms with Gasteiger partial charge in [0.05, 0.1) is 24.6 Å². The molecule has 3 aromatic rings. The molecule has 9 heteroatoms. The third-order valence-corrected chi connectivity index (χ3v) is 6.49. The van der Waals surface area contributed by atoms with Gasteiger partial charge in [-0.1, -0.05) is 12.1 Å². The van der Waals surface area contributed by atoms with Crippen molar-refractivity contribution in [1.29, 1.82) is 0 Å². The van der Waals surface area contributed by atoms with Crippen molar-refractivity contribution in [2.45, 2.75) is 24.6 Å². The fourth-order valence-electron chi connectivity index (χ4n) is 4.79. The Morgan fingerprint density at radius 2 is 1.88 bits per heavy atom. The topological polar surface area (TPSA) is 56.6 Å². The number of hydrogen-bond acceptors (Lipinski definition) is 4. The fraction of sp³-hybridized carbons (Fsp3) is 0.333. The van der Waals surface area contributed by atoms with Gasteiger partial charge in [0.15, 0.2) is 0 Å². The molecule has 1 amide bonds. The number of halogens is 3. The summed E-state index contributed by atoms with van der Waals surface area (Å²) in [6, 6.07) is 11.2. The molecule has 2 aliphatic rings. The average Bonchev–Trinajstić information content (AvgIpc) is 3.21. The number of piperidine rings is 1. The third kappa shape index (κ3) is 3.42. The number of carbonyl (C=O) groups excluding carboxylic acids is 1. The molecule has 1 saturated heterocycles. The number of ether oxygens (including phenoxy) is 2. The van der Waals surface area contributed by atoms with Crippen molar-refractivity contribution in [2.75, 3.05) is 20.2 Å². The number of amides is 1. The lowest BCUT2D eigenvalue weighted by atomic mass is 9.81. The van der Waals surface area contributed by atoms with Crippen molar-refractivity contribution in [2.24, 2.45) is 7.05 Å². The van der Waals surface area contributed by atoms with Crippen LogP contribution in [0.2, 0.25) is 0 Å². The van der Waals surface area contributed by atoms with Gasteiger partial charge in [0.1, 0.15) is 17.1 Å². The van der Waals surface area contributed by atoms with E-state index in [0.29, 0.717) is 25.9 Å². The van der Waals surface area contributed by atoms with Crippen LogP contribution in [0.15, 0.2) is 48.7 Å².